The Morgan fingerprint density at radius 1 is 0.960 bits per heavy atom. The summed E-state index contributed by atoms with van der Waals surface area (Å²) in [6.07, 6.45) is -0.861. The van der Waals surface area contributed by atoms with Gasteiger partial charge in [-0.3, -0.25) is 0 Å². The number of hydrogen-bond donors (Lipinski definition) is 3. The van der Waals surface area contributed by atoms with Crippen LogP contribution in [0.5, 0.6) is 0 Å². The molecule has 0 amide bonds. The van der Waals surface area contributed by atoms with Crippen molar-refractivity contribution in [1.82, 2.24) is 0 Å². The van der Waals surface area contributed by atoms with Crippen molar-refractivity contribution in [3.05, 3.63) is 60.2 Å². The van der Waals surface area contributed by atoms with Gasteiger partial charge >= 0.3 is 0 Å². The van der Waals surface area contributed by atoms with Crippen molar-refractivity contribution in [2.45, 2.75) is 44.5 Å². The van der Waals surface area contributed by atoms with Gasteiger partial charge in [-0.2, -0.15) is 0 Å². The van der Waals surface area contributed by atoms with E-state index in [9.17, 15) is 15.3 Å². The van der Waals surface area contributed by atoms with E-state index in [0.717, 1.165) is 27.1 Å². The second kappa shape index (κ2) is 5.53. The van der Waals surface area contributed by atoms with Crippen molar-refractivity contribution in [3.63, 3.8) is 0 Å². The number of fused-ring (bicyclic) bond motifs is 2. The Hall–Kier alpha value is -1.94. The molecule has 0 aromatic heterocycles. The maximum atomic E-state index is 10.7. The first-order valence-corrected chi connectivity index (χ1v) is 8.82. The average Bonchev–Trinajstić information content (AvgIpc) is 2.97. The molecule has 0 saturated heterocycles. The molecule has 0 spiro atoms. The van der Waals surface area contributed by atoms with Gasteiger partial charge in [-0.15, -0.1) is 0 Å². The van der Waals surface area contributed by atoms with E-state index in [1.807, 2.05) is 38.1 Å². The molecular formula is C22H24O3. The van der Waals surface area contributed by atoms with Crippen LogP contribution in [0, 0.1) is 5.41 Å². The molecule has 3 heteroatoms. The minimum absolute atomic E-state index is 0.179. The molecular weight excluding hydrogens is 312 g/mol. The minimum atomic E-state index is -1.20. The lowest BCUT2D eigenvalue weighted by molar-refractivity contribution is 0.0215. The standard InChI is InChI=1S/C22H24O3/c1-21(2)20(24)22(21,25)13-16(23)12-19-17-9-5-3-7-14(17)11-15-8-4-6-10-18(15)19/h3-11,16,20,23-25H,12-13H2,1-2H3. The Labute approximate surface area is 147 Å². The Morgan fingerprint density at radius 3 is 1.92 bits per heavy atom. The lowest BCUT2D eigenvalue weighted by atomic mass is 9.91. The summed E-state index contributed by atoms with van der Waals surface area (Å²) in [5.74, 6) is 0. The number of benzene rings is 3. The van der Waals surface area contributed by atoms with Gasteiger partial charge in [-0.1, -0.05) is 62.4 Å². The molecule has 0 radical (unpaired) electrons. The Morgan fingerprint density at radius 2 is 1.44 bits per heavy atom. The van der Waals surface area contributed by atoms with Gasteiger partial charge < -0.3 is 15.3 Å². The molecule has 1 saturated carbocycles. The monoisotopic (exact) mass is 336 g/mol. The van der Waals surface area contributed by atoms with Gasteiger partial charge in [0.05, 0.1) is 12.2 Å². The molecule has 1 aliphatic rings. The molecule has 4 rings (SSSR count). The van der Waals surface area contributed by atoms with Crippen LogP contribution in [0.1, 0.15) is 25.8 Å². The number of aliphatic hydroxyl groups is 3. The molecule has 0 heterocycles. The highest BCUT2D eigenvalue weighted by Gasteiger charge is 2.70. The summed E-state index contributed by atoms with van der Waals surface area (Å²) in [5.41, 5.74) is -0.667. The minimum Gasteiger partial charge on any atom is -0.393 e. The first-order valence-electron chi connectivity index (χ1n) is 8.82. The first kappa shape index (κ1) is 16.5. The third-order valence-electron chi connectivity index (χ3n) is 6.04. The highest BCUT2D eigenvalue weighted by atomic mass is 16.4. The zero-order valence-electron chi connectivity index (χ0n) is 14.6. The van der Waals surface area contributed by atoms with Crippen molar-refractivity contribution >= 4 is 21.5 Å². The van der Waals surface area contributed by atoms with Crippen LogP contribution in [-0.4, -0.2) is 33.1 Å². The molecule has 0 bridgehead atoms. The molecule has 130 valence electrons. The van der Waals surface area contributed by atoms with Gasteiger partial charge in [0.15, 0.2) is 0 Å². The van der Waals surface area contributed by atoms with E-state index in [1.165, 1.54) is 0 Å². The van der Waals surface area contributed by atoms with Crippen LogP contribution in [0.4, 0.5) is 0 Å². The van der Waals surface area contributed by atoms with Crippen LogP contribution < -0.4 is 0 Å². The van der Waals surface area contributed by atoms with E-state index in [2.05, 4.69) is 30.3 Å². The highest BCUT2D eigenvalue weighted by Crippen LogP contribution is 2.58. The molecule has 3 nitrogen and oxygen atoms in total. The van der Waals surface area contributed by atoms with Crippen LogP contribution in [0.3, 0.4) is 0 Å². The van der Waals surface area contributed by atoms with E-state index in [4.69, 9.17) is 0 Å². The van der Waals surface area contributed by atoms with Crippen molar-refractivity contribution in [3.8, 4) is 0 Å². The largest absolute Gasteiger partial charge is 0.393 e. The predicted octanol–water partition coefficient (Wildman–Crippen LogP) is 3.42. The predicted molar refractivity (Wildman–Crippen MR) is 101 cm³/mol. The maximum Gasteiger partial charge on any atom is 0.101 e. The van der Waals surface area contributed by atoms with Crippen molar-refractivity contribution in [1.29, 1.82) is 0 Å². The second-order valence-corrected chi connectivity index (χ2v) is 7.91. The molecule has 3 N–H and O–H groups in total. The van der Waals surface area contributed by atoms with Crippen LogP contribution in [-0.2, 0) is 6.42 Å². The number of hydrogen-bond acceptors (Lipinski definition) is 3. The number of rotatable bonds is 4. The van der Waals surface area contributed by atoms with E-state index in [-0.39, 0.29) is 6.42 Å². The summed E-state index contributed by atoms with van der Waals surface area (Å²) in [4.78, 5) is 0. The van der Waals surface area contributed by atoms with Gasteiger partial charge in [0.2, 0.25) is 0 Å². The van der Waals surface area contributed by atoms with Crippen LogP contribution in [0.15, 0.2) is 54.6 Å². The van der Waals surface area contributed by atoms with E-state index < -0.39 is 23.2 Å². The molecule has 3 unspecified atom stereocenters. The van der Waals surface area contributed by atoms with Gasteiger partial charge in [0, 0.05) is 11.8 Å². The second-order valence-electron chi connectivity index (χ2n) is 7.91. The normalized spacial score (nSPS) is 26.0. The third-order valence-corrected chi connectivity index (χ3v) is 6.04. The van der Waals surface area contributed by atoms with Crippen LogP contribution >= 0.6 is 0 Å². The number of aliphatic hydroxyl groups excluding tert-OH is 2. The summed E-state index contributed by atoms with van der Waals surface area (Å²) in [7, 11) is 0. The Kier molecular flexibility index (Phi) is 3.66. The van der Waals surface area contributed by atoms with Gasteiger partial charge in [-0.05, 0) is 39.6 Å². The fourth-order valence-electron chi connectivity index (χ4n) is 4.17. The summed E-state index contributed by atoms with van der Waals surface area (Å²) >= 11 is 0. The summed E-state index contributed by atoms with van der Waals surface area (Å²) in [5, 5.41) is 35.8. The smallest absolute Gasteiger partial charge is 0.101 e. The van der Waals surface area contributed by atoms with Crippen LogP contribution in [0.25, 0.3) is 21.5 Å². The Bertz CT molecular complexity index is 892. The lowest BCUT2D eigenvalue weighted by Gasteiger charge is -2.19. The highest BCUT2D eigenvalue weighted by molar-refractivity contribution is 6.02. The molecule has 3 aromatic rings. The van der Waals surface area contributed by atoms with Gasteiger partial charge in [0.1, 0.15) is 5.60 Å². The topological polar surface area (TPSA) is 60.7 Å². The third kappa shape index (κ3) is 2.46. The van der Waals surface area contributed by atoms with Crippen molar-refractivity contribution in [2.24, 2.45) is 5.41 Å². The van der Waals surface area contributed by atoms with Crippen molar-refractivity contribution < 1.29 is 15.3 Å². The zero-order valence-corrected chi connectivity index (χ0v) is 14.6. The van der Waals surface area contributed by atoms with Gasteiger partial charge in [-0.25, -0.2) is 0 Å². The summed E-state index contributed by atoms with van der Waals surface area (Å²) < 4.78 is 0. The van der Waals surface area contributed by atoms with Crippen LogP contribution in [0.2, 0.25) is 0 Å². The fraction of sp³-hybridized carbons (Fsp3) is 0.364. The summed E-state index contributed by atoms with van der Waals surface area (Å²) in [6, 6.07) is 18.5. The van der Waals surface area contributed by atoms with Crippen molar-refractivity contribution in [2.75, 3.05) is 0 Å². The van der Waals surface area contributed by atoms with E-state index in [1.54, 1.807) is 0 Å². The molecule has 3 atom stereocenters. The quantitative estimate of drug-likeness (QED) is 0.640. The first-order chi connectivity index (χ1) is 11.8. The summed E-state index contributed by atoms with van der Waals surface area (Å²) in [6.45, 7) is 3.66. The maximum absolute atomic E-state index is 10.7. The molecule has 3 aromatic carbocycles. The van der Waals surface area contributed by atoms with E-state index >= 15 is 0 Å². The Balaban J connectivity index is 1.73. The molecule has 1 aliphatic carbocycles. The van der Waals surface area contributed by atoms with E-state index in [0.29, 0.717) is 6.42 Å². The fourth-order valence-corrected chi connectivity index (χ4v) is 4.17. The average molecular weight is 336 g/mol. The lowest BCUT2D eigenvalue weighted by Crippen LogP contribution is -2.26. The zero-order chi connectivity index (χ0) is 17.8. The van der Waals surface area contributed by atoms with Gasteiger partial charge in [0.25, 0.3) is 0 Å². The SMILES string of the molecule is CC1(C)C(O)C1(O)CC(O)Cc1c2ccccc2cc2ccccc12. The molecule has 1 fully saturated rings. The molecule has 0 aliphatic heterocycles. The molecule has 25 heavy (non-hydrogen) atoms.